The first kappa shape index (κ1) is 22.0. The third-order valence-corrected chi connectivity index (χ3v) is 4.89. The van der Waals surface area contributed by atoms with Crippen LogP contribution in [0, 0.1) is 0 Å². The van der Waals surface area contributed by atoms with Gasteiger partial charge in [-0.1, -0.05) is 60.7 Å². The Balaban J connectivity index is 1.36. The molecule has 3 aromatic carbocycles. The zero-order valence-corrected chi connectivity index (χ0v) is 17.5. The zero-order chi connectivity index (χ0) is 22.1. The molecule has 0 aliphatic rings. The molecule has 1 atom stereocenters. The highest BCUT2D eigenvalue weighted by Gasteiger charge is 2.13. The molecule has 6 nitrogen and oxygen atoms in total. The number of benzene rings is 3. The van der Waals surface area contributed by atoms with Crippen LogP contribution in [0.3, 0.4) is 0 Å². The number of ether oxygens (including phenoxy) is 1. The van der Waals surface area contributed by atoms with E-state index in [0.717, 1.165) is 23.6 Å². The number of hydrogen-bond donors (Lipinski definition) is 2. The molecule has 0 saturated heterocycles. The number of carbonyl (C=O) groups is 3. The first-order valence-electron chi connectivity index (χ1n) is 10.3. The lowest BCUT2D eigenvalue weighted by Crippen LogP contribution is -2.37. The minimum Gasteiger partial charge on any atom is -0.454 e. The van der Waals surface area contributed by atoms with Crippen LogP contribution in [0.25, 0.3) is 10.8 Å². The quantitative estimate of drug-likeness (QED) is 0.523. The highest BCUT2D eigenvalue weighted by molar-refractivity contribution is 5.99. The molecule has 2 amide bonds. The first-order valence-corrected chi connectivity index (χ1v) is 10.3. The molecular weight excluding hydrogens is 392 g/mol. The Morgan fingerprint density at radius 1 is 0.903 bits per heavy atom. The fraction of sp³-hybridized carbons (Fsp3) is 0.240. The van der Waals surface area contributed by atoms with Gasteiger partial charge in [0.05, 0.1) is 0 Å². The second-order valence-corrected chi connectivity index (χ2v) is 7.40. The number of fused-ring (bicyclic) bond motifs is 1. The number of carbonyl (C=O) groups excluding carboxylic acids is 3. The van der Waals surface area contributed by atoms with Crippen molar-refractivity contribution >= 4 is 28.6 Å². The van der Waals surface area contributed by atoms with Crippen molar-refractivity contribution < 1.29 is 19.1 Å². The van der Waals surface area contributed by atoms with Crippen LogP contribution in [-0.4, -0.2) is 37.0 Å². The Morgan fingerprint density at radius 2 is 1.61 bits per heavy atom. The highest BCUT2D eigenvalue weighted by atomic mass is 16.5. The van der Waals surface area contributed by atoms with E-state index in [-0.39, 0.29) is 31.0 Å². The summed E-state index contributed by atoms with van der Waals surface area (Å²) in [5.41, 5.74) is 1.66. The summed E-state index contributed by atoms with van der Waals surface area (Å²) in [6, 6.07) is 23.0. The van der Waals surface area contributed by atoms with Gasteiger partial charge in [0, 0.05) is 11.6 Å². The largest absolute Gasteiger partial charge is 0.454 e. The third-order valence-electron chi connectivity index (χ3n) is 4.89. The minimum absolute atomic E-state index is 0.0426. The maximum atomic E-state index is 12.3. The Labute approximate surface area is 181 Å². The second-order valence-electron chi connectivity index (χ2n) is 7.40. The highest BCUT2D eigenvalue weighted by Crippen LogP contribution is 2.15. The Kier molecular flexibility index (Phi) is 7.76. The Bertz CT molecular complexity index is 1050. The molecule has 0 unspecified atom stereocenters. The predicted octanol–water partition coefficient (Wildman–Crippen LogP) is 3.25. The minimum atomic E-state index is -0.666. The van der Waals surface area contributed by atoms with E-state index < -0.39 is 5.97 Å². The lowest BCUT2D eigenvalue weighted by Gasteiger charge is -2.14. The average molecular weight is 418 g/mol. The third kappa shape index (κ3) is 6.96. The van der Waals surface area contributed by atoms with Crippen molar-refractivity contribution in [1.82, 2.24) is 10.6 Å². The summed E-state index contributed by atoms with van der Waals surface area (Å²) >= 11 is 0. The van der Waals surface area contributed by atoms with Gasteiger partial charge >= 0.3 is 5.97 Å². The van der Waals surface area contributed by atoms with Gasteiger partial charge < -0.3 is 15.4 Å². The van der Waals surface area contributed by atoms with Gasteiger partial charge in [-0.15, -0.1) is 0 Å². The van der Waals surface area contributed by atoms with Crippen molar-refractivity contribution in [2.24, 2.45) is 0 Å². The summed E-state index contributed by atoms with van der Waals surface area (Å²) in [6.45, 7) is 1.23. The normalized spacial score (nSPS) is 11.5. The summed E-state index contributed by atoms with van der Waals surface area (Å²) in [5, 5.41) is 7.30. The summed E-state index contributed by atoms with van der Waals surface area (Å²) < 4.78 is 4.96. The van der Waals surface area contributed by atoms with Crippen molar-refractivity contribution in [3.05, 3.63) is 83.9 Å². The molecule has 0 saturated carbocycles. The number of amides is 2. The SMILES string of the molecule is C[C@H](CCc1ccccc1)NC(=O)COC(=O)CNC(=O)c1ccc2ccccc2c1. The van der Waals surface area contributed by atoms with E-state index in [1.54, 1.807) is 12.1 Å². The molecule has 0 heterocycles. The van der Waals surface area contributed by atoms with Crippen molar-refractivity contribution in [3.8, 4) is 0 Å². The van der Waals surface area contributed by atoms with E-state index in [4.69, 9.17) is 4.74 Å². The monoisotopic (exact) mass is 418 g/mol. The summed E-state index contributed by atoms with van der Waals surface area (Å²) in [6.07, 6.45) is 1.63. The Hall–Kier alpha value is -3.67. The van der Waals surface area contributed by atoms with Crippen molar-refractivity contribution in [2.75, 3.05) is 13.2 Å². The van der Waals surface area contributed by atoms with Crippen LogP contribution < -0.4 is 10.6 Å². The molecule has 0 aliphatic heterocycles. The van der Waals surface area contributed by atoms with Gasteiger partial charge in [0.25, 0.3) is 11.8 Å². The topological polar surface area (TPSA) is 84.5 Å². The lowest BCUT2D eigenvalue weighted by molar-refractivity contribution is -0.147. The van der Waals surface area contributed by atoms with Gasteiger partial charge in [0.2, 0.25) is 0 Å². The Morgan fingerprint density at radius 3 is 2.39 bits per heavy atom. The molecule has 2 N–H and O–H groups in total. The first-order chi connectivity index (χ1) is 15.0. The molecule has 0 aromatic heterocycles. The number of esters is 1. The van der Waals surface area contributed by atoms with Crippen LogP contribution in [0.2, 0.25) is 0 Å². The van der Waals surface area contributed by atoms with Gasteiger partial charge in [0.1, 0.15) is 6.54 Å². The van der Waals surface area contributed by atoms with E-state index in [2.05, 4.69) is 10.6 Å². The summed E-state index contributed by atoms with van der Waals surface area (Å²) in [4.78, 5) is 36.1. The summed E-state index contributed by atoms with van der Waals surface area (Å²) in [7, 11) is 0. The fourth-order valence-corrected chi connectivity index (χ4v) is 3.20. The van der Waals surface area contributed by atoms with Crippen LogP contribution in [-0.2, 0) is 20.7 Å². The fourth-order valence-electron chi connectivity index (χ4n) is 3.20. The number of hydrogen-bond acceptors (Lipinski definition) is 4. The molecule has 0 bridgehead atoms. The van der Waals surface area contributed by atoms with E-state index in [9.17, 15) is 14.4 Å². The van der Waals surface area contributed by atoms with E-state index in [1.165, 1.54) is 5.56 Å². The predicted molar refractivity (Wildman–Crippen MR) is 120 cm³/mol. The van der Waals surface area contributed by atoms with Crippen molar-refractivity contribution in [1.29, 1.82) is 0 Å². The molecule has 3 aromatic rings. The van der Waals surface area contributed by atoms with Crippen LogP contribution in [0.4, 0.5) is 0 Å². The molecule has 0 radical (unpaired) electrons. The van der Waals surface area contributed by atoms with Gasteiger partial charge in [-0.25, -0.2) is 0 Å². The summed E-state index contributed by atoms with van der Waals surface area (Å²) in [5.74, 6) is -1.40. The standard InChI is InChI=1S/C25H26N2O4/c1-18(11-12-19-7-3-2-4-8-19)27-23(28)17-31-24(29)16-26-25(30)22-14-13-20-9-5-6-10-21(20)15-22/h2-10,13-15,18H,11-12,16-17H2,1H3,(H,26,30)(H,27,28)/t18-/m1/s1. The van der Waals surface area contributed by atoms with Crippen LogP contribution in [0.5, 0.6) is 0 Å². The van der Waals surface area contributed by atoms with Crippen molar-refractivity contribution in [2.45, 2.75) is 25.8 Å². The second kappa shape index (κ2) is 10.9. The van der Waals surface area contributed by atoms with Crippen LogP contribution in [0.15, 0.2) is 72.8 Å². The number of aryl methyl sites for hydroxylation is 1. The van der Waals surface area contributed by atoms with Crippen LogP contribution >= 0.6 is 0 Å². The molecule has 6 heteroatoms. The molecule has 31 heavy (non-hydrogen) atoms. The van der Waals surface area contributed by atoms with Crippen LogP contribution in [0.1, 0.15) is 29.3 Å². The maximum absolute atomic E-state index is 12.3. The van der Waals surface area contributed by atoms with E-state index in [0.29, 0.717) is 5.56 Å². The lowest BCUT2D eigenvalue weighted by atomic mass is 10.1. The molecule has 160 valence electrons. The molecular formula is C25H26N2O4. The number of nitrogens with one attached hydrogen (secondary N) is 2. The van der Waals surface area contributed by atoms with Crippen molar-refractivity contribution in [3.63, 3.8) is 0 Å². The van der Waals surface area contributed by atoms with Gasteiger partial charge in [0.15, 0.2) is 6.61 Å². The van der Waals surface area contributed by atoms with Gasteiger partial charge in [-0.05, 0) is 48.2 Å². The average Bonchev–Trinajstić information content (AvgIpc) is 2.80. The molecule has 0 fully saturated rings. The number of rotatable bonds is 9. The van der Waals surface area contributed by atoms with E-state index >= 15 is 0 Å². The molecule has 3 rings (SSSR count). The van der Waals surface area contributed by atoms with E-state index in [1.807, 2.05) is 67.6 Å². The zero-order valence-electron chi connectivity index (χ0n) is 17.5. The van der Waals surface area contributed by atoms with Gasteiger partial charge in [-0.3, -0.25) is 14.4 Å². The maximum Gasteiger partial charge on any atom is 0.325 e. The van der Waals surface area contributed by atoms with Gasteiger partial charge in [-0.2, -0.15) is 0 Å². The molecule has 0 spiro atoms. The molecule has 0 aliphatic carbocycles. The smallest absolute Gasteiger partial charge is 0.325 e.